The zero-order chi connectivity index (χ0) is 19.6. The maximum Gasteiger partial charge on any atom is 0.226 e. The number of hydrogen-bond donors (Lipinski definition) is 2. The molecule has 2 aromatic rings. The standard InChI is InChI=1S/C19H27Cl2N5O.HI/c1-13(2)18-25-17(27-26-18)7-5-11-24-19(22-3)23-10-4-6-14-8-9-15(20)12-16(14)21;/h8-9,12-13H,4-7,10-11H2,1-3H3,(H2,22,23,24);1H. The Hall–Kier alpha value is -1.06. The van der Waals surface area contributed by atoms with Crippen molar-refractivity contribution in [1.29, 1.82) is 0 Å². The third kappa shape index (κ3) is 8.53. The second-order valence-corrected chi connectivity index (χ2v) is 7.41. The lowest BCUT2D eigenvalue weighted by molar-refractivity contribution is 0.368. The minimum Gasteiger partial charge on any atom is -0.356 e. The number of guanidine groups is 1. The molecule has 0 amide bonds. The second kappa shape index (κ2) is 13.2. The highest BCUT2D eigenvalue weighted by Gasteiger charge is 2.09. The molecule has 1 heterocycles. The van der Waals surface area contributed by atoms with Gasteiger partial charge in [0.15, 0.2) is 11.8 Å². The van der Waals surface area contributed by atoms with Crippen molar-refractivity contribution in [2.75, 3.05) is 20.1 Å². The van der Waals surface area contributed by atoms with E-state index in [1.54, 1.807) is 13.1 Å². The van der Waals surface area contributed by atoms with Crippen LogP contribution in [0.5, 0.6) is 0 Å². The molecule has 28 heavy (non-hydrogen) atoms. The fourth-order valence-electron chi connectivity index (χ4n) is 2.48. The van der Waals surface area contributed by atoms with Gasteiger partial charge in [-0.3, -0.25) is 4.99 Å². The Morgan fingerprint density at radius 3 is 2.39 bits per heavy atom. The van der Waals surface area contributed by atoms with E-state index in [-0.39, 0.29) is 29.9 Å². The van der Waals surface area contributed by atoms with Crippen LogP contribution in [0.4, 0.5) is 0 Å². The van der Waals surface area contributed by atoms with Gasteiger partial charge in [-0.2, -0.15) is 4.98 Å². The normalized spacial score (nSPS) is 11.4. The first kappa shape index (κ1) is 25.0. The maximum absolute atomic E-state index is 6.19. The molecule has 156 valence electrons. The SMILES string of the molecule is CN=C(NCCCc1nc(C(C)C)no1)NCCCc1ccc(Cl)cc1Cl.I. The van der Waals surface area contributed by atoms with Crippen molar-refractivity contribution in [3.63, 3.8) is 0 Å². The third-order valence-electron chi connectivity index (χ3n) is 4.01. The lowest BCUT2D eigenvalue weighted by atomic mass is 10.1. The minimum atomic E-state index is 0. The third-order valence-corrected chi connectivity index (χ3v) is 4.60. The lowest BCUT2D eigenvalue weighted by Crippen LogP contribution is -2.38. The Bertz CT molecular complexity index is 752. The van der Waals surface area contributed by atoms with E-state index in [4.69, 9.17) is 27.7 Å². The predicted molar refractivity (Wildman–Crippen MR) is 126 cm³/mol. The highest BCUT2D eigenvalue weighted by atomic mass is 127. The van der Waals surface area contributed by atoms with Gasteiger partial charge in [0.1, 0.15) is 0 Å². The van der Waals surface area contributed by atoms with Crippen LogP contribution in [0.1, 0.15) is 49.9 Å². The van der Waals surface area contributed by atoms with Crippen molar-refractivity contribution < 1.29 is 4.52 Å². The Balaban J connectivity index is 0.00000392. The molecule has 0 atom stereocenters. The van der Waals surface area contributed by atoms with Crippen molar-refractivity contribution in [2.45, 2.75) is 45.4 Å². The van der Waals surface area contributed by atoms with Gasteiger partial charge >= 0.3 is 0 Å². The summed E-state index contributed by atoms with van der Waals surface area (Å²) in [4.78, 5) is 8.61. The van der Waals surface area contributed by atoms with E-state index in [2.05, 4.69) is 25.8 Å². The fourth-order valence-corrected chi connectivity index (χ4v) is 2.98. The van der Waals surface area contributed by atoms with Crippen LogP contribution in [0.25, 0.3) is 0 Å². The summed E-state index contributed by atoms with van der Waals surface area (Å²) in [6.45, 7) is 5.68. The van der Waals surface area contributed by atoms with Crippen molar-refractivity contribution in [3.8, 4) is 0 Å². The van der Waals surface area contributed by atoms with Gasteiger partial charge in [-0.05, 0) is 37.0 Å². The summed E-state index contributed by atoms with van der Waals surface area (Å²) >= 11 is 12.1. The molecule has 1 aromatic carbocycles. The van der Waals surface area contributed by atoms with Crippen LogP contribution >= 0.6 is 47.2 Å². The molecule has 2 rings (SSSR count). The van der Waals surface area contributed by atoms with E-state index in [1.807, 2.05) is 26.0 Å². The summed E-state index contributed by atoms with van der Waals surface area (Å²) in [6.07, 6.45) is 3.47. The largest absolute Gasteiger partial charge is 0.356 e. The van der Waals surface area contributed by atoms with E-state index in [9.17, 15) is 0 Å². The Morgan fingerprint density at radius 2 is 1.82 bits per heavy atom. The van der Waals surface area contributed by atoms with Crippen LogP contribution in [0.3, 0.4) is 0 Å². The van der Waals surface area contributed by atoms with Gasteiger partial charge in [0.25, 0.3) is 0 Å². The van der Waals surface area contributed by atoms with E-state index in [0.29, 0.717) is 15.9 Å². The van der Waals surface area contributed by atoms with E-state index < -0.39 is 0 Å². The van der Waals surface area contributed by atoms with Crippen molar-refractivity contribution in [1.82, 2.24) is 20.8 Å². The van der Waals surface area contributed by atoms with Crippen molar-refractivity contribution in [2.24, 2.45) is 4.99 Å². The Morgan fingerprint density at radius 1 is 1.14 bits per heavy atom. The van der Waals surface area contributed by atoms with Gasteiger partial charge in [-0.15, -0.1) is 24.0 Å². The van der Waals surface area contributed by atoms with E-state index >= 15 is 0 Å². The highest BCUT2D eigenvalue weighted by molar-refractivity contribution is 14.0. The summed E-state index contributed by atoms with van der Waals surface area (Å²) in [5.74, 6) is 2.51. The second-order valence-electron chi connectivity index (χ2n) is 6.57. The molecule has 0 aliphatic rings. The zero-order valence-electron chi connectivity index (χ0n) is 16.5. The molecule has 0 bridgehead atoms. The quantitative estimate of drug-likeness (QED) is 0.206. The van der Waals surface area contributed by atoms with Gasteiger partial charge in [0.05, 0.1) is 0 Å². The molecule has 0 aliphatic carbocycles. The summed E-state index contributed by atoms with van der Waals surface area (Å²) in [7, 11) is 1.76. The molecule has 6 nitrogen and oxygen atoms in total. The van der Waals surface area contributed by atoms with Crippen LogP contribution in [0.15, 0.2) is 27.7 Å². The predicted octanol–water partition coefficient (Wildman–Crippen LogP) is 4.85. The first-order valence-corrected chi connectivity index (χ1v) is 9.96. The molecule has 0 saturated heterocycles. The van der Waals surface area contributed by atoms with Crippen LogP contribution in [0, 0.1) is 0 Å². The zero-order valence-corrected chi connectivity index (χ0v) is 20.3. The molecule has 0 unspecified atom stereocenters. The van der Waals surface area contributed by atoms with E-state index in [1.165, 1.54) is 0 Å². The summed E-state index contributed by atoms with van der Waals surface area (Å²) in [5.41, 5.74) is 1.10. The molecule has 9 heteroatoms. The Kier molecular flexibility index (Phi) is 11.8. The minimum absolute atomic E-state index is 0. The average molecular weight is 540 g/mol. The summed E-state index contributed by atoms with van der Waals surface area (Å²) in [6, 6.07) is 5.62. The maximum atomic E-state index is 6.19. The van der Waals surface area contributed by atoms with Gasteiger partial charge < -0.3 is 15.2 Å². The number of hydrogen-bond acceptors (Lipinski definition) is 4. The van der Waals surface area contributed by atoms with E-state index in [0.717, 1.165) is 56.1 Å². The molecule has 0 aliphatic heterocycles. The van der Waals surface area contributed by atoms with Gasteiger partial charge in [0.2, 0.25) is 5.89 Å². The van der Waals surface area contributed by atoms with Crippen LogP contribution in [-0.2, 0) is 12.8 Å². The highest BCUT2D eigenvalue weighted by Crippen LogP contribution is 2.21. The molecular formula is C19H28Cl2IN5O. The number of rotatable bonds is 9. The van der Waals surface area contributed by atoms with Gasteiger partial charge in [-0.25, -0.2) is 0 Å². The van der Waals surface area contributed by atoms with Crippen LogP contribution < -0.4 is 10.6 Å². The van der Waals surface area contributed by atoms with Gasteiger partial charge in [0, 0.05) is 42.5 Å². The molecule has 1 aromatic heterocycles. The number of nitrogens with zero attached hydrogens (tertiary/aromatic N) is 3. The monoisotopic (exact) mass is 539 g/mol. The Labute approximate surface area is 193 Å². The average Bonchev–Trinajstić information content (AvgIpc) is 3.11. The number of aryl methyl sites for hydroxylation is 2. The molecule has 0 radical (unpaired) electrons. The number of benzene rings is 1. The number of nitrogens with one attached hydrogen (secondary N) is 2. The number of halogens is 3. The van der Waals surface area contributed by atoms with Crippen molar-refractivity contribution >= 4 is 53.1 Å². The van der Waals surface area contributed by atoms with Crippen molar-refractivity contribution in [3.05, 3.63) is 45.5 Å². The lowest BCUT2D eigenvalue weighted by Gasteiger charge is -2.11. The summed E-state index contributed by atoms with van der Waals surface area (Å²) in [5, 5.41) is 11.9. The molecule has 2 N–H and O–H groups in total. The first-order chi connectivity index (χ1) is 13.0. The molecule has 0 fully saturated rings. The fraction of sp³-hybridized carbons (Fsp3) is 0.526. The molecule has 0 spiro atoms. The molecular weight excluding hydrogens is 512 g/mol. The molecule has 0 saturated carbocycles. The number of aromatic nitrogens is 2. The van der Waals surface area contributed by atoms with Crippen LogP contribution in [-0.4, -0.2) is 36.2 Å². The topological polar surface area (TPSA) is 75.3 Å². The summed E-state index contributed by atoms with van der Waals surface area (Å²) < 4.78 is 5.24. The van der Waals surface area contributed by atoms with Gasteiger partial charge in [-0.1, -0.05) is 48.3 Å². The smallest absolute Gasteiger partial charge is 0.226 e. The first-order valence-electron chi connectivity index (χ1n) is 9.20. The van der Waals surface area contributed by atoms with Crippen LogP contribution in [0.2, 0.25) is 10.0 Å². The number of aliphatic imine (C=N–C) groups is 1.